The van der Waals surface area contributed by atoms with Gasteiger partial charge < -0.3 is 5.32 Å². The number of amides is 1. The minimum absolute atomic E-state index is 0.123. The average Bonchev–Trinajstić information content (AvgIpc) is 2.73. The fourth-order valence-electron chi connectivity index (χ4n) is 2.81. The zero-order valence-electron chi connectivity index (χ0n) is 15.5. The molecule has 0 saturated carbocycles. The first-order chi connectivity index (χ1) is 13.5. The zero-order chi connectivity index (χ0) is 20.0. The van der Waals surface area contributed by atoms with E-state index in [1.165, 1.54) is 12.1 Å². The van der Waals surface area contributed by atoms with Crippen molar-refractivity contribution in [2.24, 2.45) is 0 Å². The number of hydrogen-bond donors (Lipinski definition) is 2. The Kier molecular flexibility index (Phi) is 6.23. The van der Waals surface area contributed by atoms with Crippen LogP contribution >= 0.6 is 0 Å². The Hall–Kier alpha value is -2.96. The molecule has 2 N–H and O–H groups in total. The molecule has 0 fully saturated rings. The predicted molar refractivity (Wildman–Crippen MR) is 110 cm³/mol. The fraction of sp³-hybridized carbons (Fsp3) is 0.136. The van der Waals surface area contributed by atoms with E-state index in [-0.39, 0.29) is 10.8 Å². The molecule has 0 aliphatic carbocycles. The van der Waals surface area contributed by atoms with Crippen molar-refractivity contribution in [3.8, 4) is 0 Å². The van der Waals surface area contributed by atoms with Crippen LogP contribution in [0.1, 0.15) is 30.5 Å². The van der Waals surface area contributed by atoms with Gasteiger partial charge in [0.25, 0.3) is 0 Å². The molecular formula is C22H22N2O3S. The first-order valence-electron chi connectivity index (χ1n) is 9.02. The average molecular weight is 394 g/mol. The van der Waals surface area contributed by atoms with Crippen LogP contribution in [0, 0.1) is 0 Å². The third-order valence-corrected chi connectivity index (χ3v) is 5.75. The van der Waals surface area contributed by atoms with Crippen LogP contribution in [0.15, 0.2) is 89.8 Å². The summed E-state index contributed by atoms with van der Waals surface area (Å²) in [5, 5.41) is 2.71. The predicted octanol–water partition coefficient (Wildman–Crippen LogP) is 4.10. The highest BCUT2D eigenvalue weighted by molar-refractivity contribution is 7.89. The molecule has 5 nitrogen and oxygen atoms in total. The molecule has 0 saturated heterocycles. The molecule has 0 aromatic heterocycles. The van der Waals surface area contributed by atoms with E-state index in [9.17, 15) is 13.2 Å². The molecular weight excluding hydrogens is 372 g/mol. The van der Waals surface area contributed by atoms with Crippen molar-refractivity contribution in [1.82, 2.24) is 4.72 Å². The maximum Gasteiger partial charge on any atom is 0.241 e. The first-order valence-corrected chi connectivity index (χ1v) is 10.5. The molecule has 144 valence electrons. The van der Waals surface area contributed by atoms with Crippen molar-refractivity contribution in [1.29, 1.82) is 0 Å². The fourth-order valence-corrected chi connectivity index (χ4v) is 4.02. The standard InChI is InChI=1S/C22H22N2O3S/c1-2-21(25)23-19-13-15-20(16-14-19)28(26,27)24-22(17-9-5-3-6-10-17)18-11-7-4-8-12-18/h3-16,22,24H,2H2,1H3,(H,23,25). The molecule has 0 bridgehead atoms. The Morgan fingerprint density at radius 2 is 1.32 bits per heavy atom. The maximum absolute atomic E-state index is 13.0. The van der Waals surface area contributed by atoms with Crippen molar-refractivity contribution >= 4 is 21.6 Å². The van der Waals surface area contributed by atoms with Crippen molar-refractivity contribution in [3.05, 3.63) is 96.1 Å². The SMILES string of the molecule is CCC(=O)Nc1ccc(S(=O)(=O)NC(c2ccccc2)c2ccccc2)cc1. The summed E-state index contributed by atoms with van der Waals surface area (Å²) in [6.45, 7) is 1.76. The molecule has 1 amide bonds. The van der Waals surface area contributed by atoms with Gasteiger partial charge in [-0.3, -0.25) is 4.79 Å². The summed E-state index contributed by atoms with van der Waals surface area (Å²) < 4.78 is 28.8. The van der Waals surface area contributed by atoms with Gasteiger partial charge in [0.1, 0.15) is 0 Å². The van der Waals surface area contributed by atoms with Gasteiger partial charge >= 0.3 is 0 Å². The second kappa shape index (κ2) is 8.82. The molecule has 0 unspecified atom stereocenters. The quantitative estimate of drug-likeness (QED) is 0.633. The normalized spacial score (nSPS) is 11.4. The lowest BCUT2D eigenvalue weighted by atomic mass is 10.00. The van der Waals surface area contributed by atoms with Gasteiger partial charge in [-0.2, -0.15) is 4.72 Å². The molecule has 3 aromatic rings. The summed E-state index contributed by atoms with van der Waals surface area (Å²) in [5.74, 6) is -0.123. The lowest BCUT2D eigenvalue weighted by molar-refractivity contribution is -0.115. The number of nitrogens with one attached hydrogen (secondary N) is 2. The number of carbonyl (C=O) groups is 1. The number of hydrogen-bond acceptors (Lipinski definition) is 3. The summed E-state index contributed by atoms with van der Waals surface area (Å²) >= 11 is 0. The van der Waals surface area contributed by atoms with E-state index >= 15 is 0 Å². The Bertz CT molecular complexity index is 979. The second-order valence-corrected chi connectivity index (χ2v) is 8.02. The van der Waals surface area contributed by atoms with Gasteiger partial charge in [-0.05, 0) is 35.4 Å². The van der Waals surface area contributed by atoms with Crippen molar-refractivity contribution < 1.29 is 13.2 Å². The van der Waals surface area contributed by atoms with E-state index in [0.29, 0.717) is 12.1 Å². The second-order valence-electron chi connectivity index (χ2n) is 6.30. The molecule has 0 aliphatic heterocycles. The van der Waals surface area contributed by atoms with E-state index in [1.807, 2.05) is 60.7 Å². The lowest BCUT2D eigenvalue weighted by Gasteiger charge is -2.20. The van der Waals surface area contributed by atoms with E-state index in [0.717, 1.165) is 11.1 Å². The van der Waals surface area contributed by atoms with E-state index in [4.69, 9.17) is 0 Å². The summed E-state index contributed by atoms with van der Waals surface area (Å²) in [5.41, 5.74) is 2.27. The summed E-state index contributed by atoms with van der Waals surface area (Å²) in [4.78, 5) is 11.6. The minimum Gasteiger partial charge on any atom is -0.326 e. The molecule has 0 heterocycles. The van der Waals surface area contributed by atoms with E-state index in [1.54, 1.807) is 19.1 Å². The van der Waals surface area contributed by atoms with E-state index < -0.39 is 16.1 Å². The molecule has 0 radical (unpaired) electrons. The van der Waals surface area contributed by atoms with Gasteiger partial charge in [-0.1, -0.05) is 67.6 Å². The van der Waals surface area contributed by atoms with Gasteiger partial charge in [0.05, 0.1) is 10.9 Å². The smallest absolute Gasteiger partial charge is 0.241 e. The number of sulfonamides is 1. The Labute approximate surface area is 165 Å². The Morgan fingerprint density at radius 1 is 0.821 bits per heavy atom. The summed E-state index contributed by atoms with van der Waals surface area (Å²) in [6.07, 6.45) is 0.359. The molecule has 0 atom stereocenters. The lowest BCUT2D eigenvalue weighted by Crippen LogP contribution is -2.29. The van der Waals surface area contributed by atoms with Gasteiger partial charge in [-0.25, -0.2) is 8.42 Å². The number of carbonyl (C=O) groups excluding carboxylic acids is 1. The van der Waals surface area contributed by atoms with Crippen LogP contribution < -0.4 is 10.0 Å². The first kappa shape index (κ1) is 19.8. The van der Waals surface area contributed by atoms with E-state index in [2.05, 4.69) is 10.0 Å². The van der Waals surface area contributed by atoms with Gasteiger partial charge in [0, 0.05) is 12.1 Å². The molecule has 3 rings (SSSR count). The van der Waals surface area contributed by atoms with Gasteiger partial charge in [-0.15, -0.1) is 0 Å². The van der Waals surface area contributed by atoms with Crippen LogP contribution in [-0.2, 0) is 14.8 Å². The Balaban J connectivity index is 1.88. The highest BCUT2D eigenvalue weighted by atomic mass is 32.2. The molecule has 0 spiro atoms. The third kappa shape index (κ3) is 4.85. The molecule has 0 aliphatic rings. The van der Waals surface area contributed by atoms with Gasteiger partial charge in [0.15, 0.2) is 0 Å². The third-order valence-electron chi connectivity index (χ3n) is 4.31. The summed E-state index contributed by atoms with van der Waals surface area (Å²) in [7, 11) is -3.77. The Morgan fingerprint density at radius 3 is 1.79 bits per heavy atom. The van der Waals surface area contributed by atoms with Crippen LogP contribution in [0.25, 0.3) is 0 Å². The van der Waals surface area contributed by atoms with Crippen LogP contribution in [0.4, 0.5) is 5.69 Å². The maximum atomic E-state index is 13.0. The summed E-state index contributed by atoms with van der Waals surface area (Å²) in [6, 6.07) is 24.5. The van der Waals surface area contributed by atoms with Crippen molar-refractivity contribution in [3.63, 3.8) is 0 Å². The zero-order valence-corrected chi connectivity index (χ0v) is 16.3. The van der Waals surface area contributed by atoms with Crippen molar-refractivity contribution in [2.45, 2.75) is 24.3 Å². The van der Waals surface area contributed by atoms with Gasteiger partial charge in [0.2, 0.25) is 15.9 Å². The largest absolute Gasteiger partial charge is 0.326 e. The van der Waals surface area contributed by atoms with Crippen LogP contribution in [-0.4, -0.2) is 14.3 Å². The molecule has 28 heavy (non-hydrogen) atoms. The molecule has 6 heteroatoms. The number of rotatable bonds is 7. The monoisotopic (exact) mass is 394 g/mol. The topological polar surface area (TPSA) is 75.3 Å². The number of benzene rings is 3. The van der Waals surface area contributed by atoms with Crippen molar-refractivity contribution in [2.75, 3.05) is 5.32 Å². The van der Waals surface area contributed by atoms with Crippen LogP contribution in [0.5, 0.6) is 0 Å². The highest BCUT2D eigenvalue weighted by Crippen LogP contribution is 2.25. The number of anilines is 1. The molecule has 3 aromatic carbocycles. The van der Waals surface area contributed by atoms with Crippen LogP contribution in [0.3, 0.4) is 0 Å². The van der Waals surface area contributed by atoms with Crippen LogP contribution in [0.2, 0.25) is 0 Å². The highest BCUT2D eigenvalue weighted by Gasteiger charge is 2.22. The minimum atomic E-state index is -3.77.